The third-order valence-electron chi connectivity index (χ3n) is 4.30. The number of ether oxygens (including phenoxy) is 1. The molecular formula is C21H26N2O2S. The van der Waals surface area contributed by atoms with Crippen molar-refractivity contribution >= 4 is 17.7 Å². The minimum absolute atomic E-state index is 0.0260. The van der Waals surface area contributed by atoms with Crippen LogP contribution < -0.4 is 4.74 Å². The minimum atomic E-state index is 0.0260. The van der Waals surface area contributed by atoms with Crippen molar-refractivity contribution in [3.8, 4) is 5.88 Å². The van der Waals surface area contributed by atoms with Gasteiger partial charge in [0.25, 0.3) is 0 Å². The molecule has 1 aliphatic heterocycles. The highest BCUT2D eigenvalue weighted by atomic mass is 32.2. The SMILES string of the molecule is Cc1cccc(OC2CCN(C(=O)Cc3ccc(SC(C)C)cc3)C2)n1. The van der Waals surface area contributed by atoms with E-state index >= 15 is 0 Å². The molecule has 1 atom stereocenters. The molecule has 1 aromatic carbocycles. The van der Waals surface area contributed by atoms with Crippen molar-refractivity contribution in [3.05, 3.63) is 53.7 Å². The number of rotatable bonds is 6. The van der Waals surface area contributed by atoms with E-state index in [4.69, 9.17) is 4.74 Å². The van der Waals surface area contributed by atoms with Crippen LogP contribution in [-0.2, 0) is 11.2 Å². The summed E-state index contributed by atoms with van der Waals surface area (Å²) in [5.41, 5.74) is 2.00. The lowest BCUT2D eigenvalue weighted by Crippen LogP contribution is -2.32. The van der Waals surface area contributed by atoms with Crippen LogP contribution in [0.2, 0.25) is 0 Å². The van der Waals surface area contributed by atoms with Gasteiger partial charge >= 0.3 is 0 Å². The number of thioether (sulfide) groups is 1. The fourth-order valence-electron chi connectivity index (χ4n) is 3.05. The van der Waals surface area contributed by atoms with Gasteiger partial charge in [-0.1, -0.05) is 32.0 Å². The van der Waals surface area contributed by atoms with Crippen molar-refractivity contribution in [2.24, 2.45) is 0 Å². The first kappa shape index (κ1) is 18.8. The number of benzene rings is 1. The van der Waals surface area contributed by atoms with E-state index in [0.717, 1.165) is 24.2 Å². The summed E-state index contributed by atoms with van der Waals surface area (Å²) >= 11 is 1.84. The summed E-state index contributed by atoms with van der Waals surface area (Å²) in [5, 5.41) is 0.562. The molecule has 1 unspecified atom stereocenters. The molecular weight excluding hydrogens is 344 g/mol. The molecule has 4 nitrogen and oxygen atoms in total. The van der Waals surface area contributed by atoms with Gasteiger partial charge in [-0.25, -0.2) is 4.98 Å². The Hall–Kier alpha value is -2.01. The fraction of sp³-hybridized carbons (Fsp3) is 0.429. The molecule has 1 saturated heterocycles. The maximum absolute atomic E-state index is 12.6. The topological polar surface area (TPSA) is 42.4 Å². The van der Waals surface area contributed by atoms with E-state index in [1.54, 1.807) is 0 Å². The number of hydrogen-bond acceptors (Lipinski definition) is 4. The monoisotopic (exact) mass is 370 g/mol. The van der Waals surface area contributed by atoms with Crippen molar-refractivity contribution in [2.45, 2.75) is 49.9 Å². The molecule has 3 rings (SSSR count). The van der Waals surface area contributed by atoms with Crippen molar-refractivity contribution in [2.75, 3.05) is 13.1 Å². The van der Waals surface area contributed by atoms with Crippen LogP contribution in [0.4, 0.5) is 0 Å². The van der Waals surface area contributed by atoms with Crippen LogP contribution in [0.15, 0.2) is 47.4 Å². The second-order valence-electron chi connectivity index (χ2n) is 6.97. The van der Waals surface area contributed by atoms with Gasteiger partial charge in [-0.15, -0.1) is 11.8 Å². The highest BCUT2D eigenvalue weighted by Gasteiger charge is 2.27. The summed E-state index contributed by atoms with van der Waals surface area (Å²) in [5.74, 6) is 0.806. The molecule has 1 aromatic heterocycles. The first-order valence-corrected chi connectivity index (χ1v) is 10.0. The first-order chi connectivity index (χ1) is 12.5. The van der Waals surface area contributed by atoms with E-state index in [-0.39, 0.29) is 12.0 Å². The van der Waals surface area contributed by atoms with Gasteiger partial charge in [-0.3, -0.25) is 4.79 Å². The van der Waals surface area contributed by atoms with Crippen LogP contribution in [0.25, 0.3) is 0 Å². The van der Waals surface area contributed by atoms with E-state index < -0.39 is 0 Å². The summed E-state index contributed by atoms with van der Waals surface area (Å²) in [6, 6.07) is 14.1. The maximum Gasteiger partial charge on any atom is 0.227 e. The molecule has 0 spiro atoms. The van der Waals surface area contributed by atoms with Crippen LogP contribution in [0.1, 0.15) is 31.5 Å². The van der Waals surface area contributed by atoms with Crippen LogP contribution in [0.3, 0.4) is 0 Å². The highest BCUT2D eigenvalue weighted by Crippen LogP contribution is 2.23. The average Bonchev–Trinajstić information content (AvgIpc) is 3.05. The first-order valence-electron chi connectivity index (χ1n) is 9.13. The molecule has 0 bridgehead atoms. The Bertz CT molecular complexity index is 746. The number of nitrogens with zero attached hydrogens (tertiary/aromatic N) is 2. The molecule has 0 radical (unpaired) electrons. The number of hydrogen-bond donors (Lipinski definition) is 0. The van der Waals surface area contributed by atoms with Crippen LogP contribution in [0, 0.1) is 6.92 Å². The summed E-state index contributed by atoms with van der Waals surface area (Å²) in [4.78, 5) is 20.1. The Kier molecular flexibility index (Phi) is 6.20. The van der Waals surface area contributed by atoms with Gasteiger partial charge < -0.3 is 9.64 Å². The number of carbonyl (C=O) groups excluding carboxylic acids is 1. The van der Waals surface area contributed by atoms with Crippen LogP contribution in [0.5, 0.6) is 5.88 Å². The second kappa shape index (κ2) is 8.58. The number of aromatic nitrogens is 1. The normalized spacial score (nSPS) is 16.9. The van der Waals surface area contributed by atoms with Crippen molar-refractivity contribution in [1.82, 2.24) is 9.88 Å². The van der Waals surface area contributed by atoms with Gasteiger partial charge in [-0.2, -0.15) is 0 Å². The Balaban J connectivity index is 1.51. The van der Waals surface area contributed by atoms with E-state index in [2.05, 4.69) is 43.1 Å². The molecule has 1 fully saturated rings. The maximum atomic E-state index is 12.6. The summed E-state index contributed by atoms with van der Waals surface area (Å²) in [6.45, 7) is 7.69. The standard InChI is InChI=1S/C21H26N2O2S/c1-15(2)26-19-9-7-17(8-10-19)13-21(24)23-12-11-18(14-23)25-20-6-4-5-16(3)22-20/h4-10,15,18H,11-14H2,1-3H3. The molecule has 0 saturated carbocycles. The molecule has 138 valence electrons. The van der Waals surface area contributed by atoms with Crippen molar-refractivity contribution in [1.29, 1.82) is 0 Å². The molecule has 0 N–H and O–H groups in total. The van der Waals surface area contributed by atoms with Gasteiger partial charge in [0.1, 0.15) is 6.10 Å². The van der Waals surface area contributed by atoms with Crippen LogP contribution in [-0.4, -0.2) is 40.2 Å². The third kappa shape index (κ3) is 5.24. The van der Waals surface area contributed by atoms with E-state index in [9.17, 15) is 4.79 Å². The summed E-state index contributed by atoms with van der Waals surface area (Å²) in [6.07, 6.45) is 1.32. The number of aryl methyl sites for hydroxylation is 1. The van der Waals surface area contributed by atoms with Gasteiger partial charge in [0, 0.05) is 34.9 Å². The number of likely N-dealkylation sites (tertiary alicyclic amines) is 1. The Morgan fingerprint density at radius 1 is 1.27 bits per heavy atom. The van der Waals surface area contributed by atoms with Gasteiger partial charge in [0.15, 0.2) is 0 Å². The minimum Gasteiger partial charge on any atom is -0.472 e. The molecule has 5 heteroatoms. The Labute approximate surface area is 160 Å². The Morgan fingerprint density at radius 3 is 2.73 bits per heavy atom. The Morgan fingerprint density at radius 2 is 2.04 bits per heavy atom. The molecule has 1 aliphatic rings. The number of amides is 1. The third-order valence-corrected chi connectivity index (χ3v) is 5.31. The fourth-order valence-corrected chi connectivity index (χ4v) is 3.89. The molecule has 0 aliphatic carbocycles. The largest absolute Gasteiger partial charge is 0.472 e. The molecule has 2 aromatic rings. The molecule has 26 heavy (non-hydrogen) atoms. The summed E-state index contributed by atoms with van der Waals surface area (Å²) in [7, 11) is 0. The lowest BCUT2D eigenvalue weighted by molar-refractivity contribution is -0.129. The zero-order chi connectivity index (χ0) is 18.5. The van der Waals surface area contributed by atoms with E-state index in [1.807, 2.05) is 41.8 Å². The lowest BCUT2D eigenvalue weighted by Gasteiger charge is -2.17. The van der Waals surface area contributed by atoms with E-state index in [1.165, 1.54) is 4.90 Å². The second-order valence-corrected chi connectivity index (χ2v) is 8.62. The van der Waals surface area contributed by atoms with E-state index in [0.29, 0.717) is 24.1 Å². The molecule has 2 heterocycles. The van der Waals surface area contributed by atoms with Crippen molar-refractivity contribution in [3.63, 3.8) is 0 Å². The smallest absolute Gasteiger partial charge is 0.227 e. The van der Waals surface area contributed by atoms with Crippen molar-refractivity contribution < 1.29 is 9.53 Å². The predicted molar refractivity (Wildman–Crippen MR) is 106 cm³/mol. The zero-order valence-electron chi connectivity index (χ0n) is 15.6. The number of carbonyl (C=O) groups is 1. The van der Waals surface area contributed by atoms with Gasteiger partial charge in [0.05, 0.1) is 13.0 Å². The molecule has 1 amide bonds. The quantitative estimate of drug-likeness (QED) is 0.718. The predicted octanol–water partition coefficient (Wildman–Crippen LogP) is 4.11. The number of pyridine rings is 1. The van der Waals surface area contributed by atoms with Gasteiger partial charge in [0.2, 0.25) is 11.8 Å². The average molecular weight is 371 g/mol. The van der Waals surface area contributed by atoms with Crippen LogP contribution >= 0.6 is 11.8 Å². The summed E-state index contributed by atoms with van der Waals surface area (Å²) < 4.78 is 5.93. The zero-order valence-corrected chi connectivity index (χ0v) is 16.5. The lowest BCUT2D eigenvalue weighted by atomic mass is 10.1. The highest BCUT2D eigenvalue weighted by molar-refractivity contribution is 7.99. The van der Waals surface area contributed by atoms with Gasteiger partial charge in [-0.05, 0) is 30.7 Å².